The SMILES string of the molecule is ClC1(Cl)C=C1. The largest absolute Gasteiger partial charge is 0.154 e. The fraction of sp³-hybridized carbons (Fsp3) is 0.333. The summed E-state index contributed by atoms with van der Waals surface area (Å²) in [6.45, 7) is 0. The van der Waals surface area contributed by atoms with Gasteiger partial charge in [-0.05, 0) is 12.2 Å². The van der Waals surface area contributed by atoms with Gasteiger partial charge in [-0.25, -0.2) is 0 Å². The monoisotopic (exact) mass is 108 g/mol. The molecule has 0 nitrogen and oxygen atoms in total. The topological polar surface area (TPSA) is 0 Å². The average Bonchev–Trinajstić information content (AvgIpc) is 1.76. The summed E-state index contributed by atoms with van der Waals surface area (Å²) in [5.41, 5.74) is 0. The molecule has 0 N–H and O–H groups in total. The van der Waals surface area contributed by atoms with Crippen LogP contribution >= 0.6 is 23.2 Å². The molecule has 0 saturated heterocycles. The lowest BCUT2D eigenvalue weighted by molar-refractivity contribution is 1.53. The van der Waals surface area contributed by atoms with Gasteiger partial charge in [0.25, 0.3) is 0 Å². The van der Waals surface area contributed by atoms with Crippen molar-refractivity contribution in [3.8, 4) is 0 Å². The molecule has 5 heavy (non-hydrogen) atoms. The van der Waals surface area contributed by atoms with Gasteiger partial charge < -0.3 is 0 Å². The minimum atomic E-state index is -0.556. The van der Waals surface area contributed by atoms with Crippen molar-refractivity contribution in [3.05, 3.63) is 12.2 Å². The second kappa shape index (κ2) is 0.688. The standard InChI is InChI=1S/C3H2Cl2/c4-3(5)1-2-3/h1-2H. The van der Waals surface area contributed by atoms with Crippen LogP contribution in [0.4, 0.5) is 0 Å². The van der Waals surface area contributed by atoms with Crippen molar-refractivity contribution in [2.24, 2.45) is 0 Å². The summed E-state index contributed by atoms with van der Waals surface area (Å²) in [4.78, 5) is 0. The second-order valence-electron chi connectivity index (χ2n) is 1.01. The van der Waals surface area contributed by atoms with Gasteiger partial charge >= 0.3 is 0 Å². The molecule has 0 atom stereocenters. The quantitative estimate of drug-likeness (QED) is 0.328. The maximum Gasteiger partial charge on any atom is 0.154 e. The molecule has 28 valence electrons. The number of allylic oxidation sites excluding steroid dienone is 2. The molecule has 1 rings (SSSR count). The van der Waals surface area contributed by atoms with Crippen molar-refractivity contribution < 1.29 is 0 Å². The van der Waals surface area contributed by atoms with Gasteiger partial charge in [0.15, 0.2) is 4.33 Å². The minimum absolute atomic E-state index is 0.556. The summed E-state index contributed by atoms with van der Waals surface area (Å²) in [5.74, 6) is 0. The Morgan fingerprint density at radius 2 is 1.40 bits per heavy atom. The summed E-state index contributed by atoms with van der Waals surface area (Å²) in [6, 6.07) is 0. The van der Waals surface area contributed by atoms with Crippen molar-refractivity contribution in [2.75, 3.05) is 0 Å². The fourth-order valence-corrected chi connectivity index (χ4v) is 0.189. The highest BCUT2D eigenvalue weighted by Gasteiger charge is 2.26. The van der Waals surface area contributed by atoms with Crippen LogP contribution in [0.2, 0.25) is 0 Å². The van der Waals surface area contributed by atoms with E-state index >= 15 is 0 Å². The zero-order valence-electron chi connectivity index (χ0n) is 2.41. The molecule has 0 heterocycles. The highest BCUT2D eigenvalue weighted by Crippen LogP contribution is 2.35. The molecule has 1 aliphatic carbocycles. The molecule has 0 aromatic heterocycles. The summed E-state index contributed by atoms with van der Waals surface area (Å²) >= 11 is 10.6. The van der Waals surface area contributed by atoms with Crippen LogP contribution in [0.5, 0.6) is 0 Å². The van der Waals surface area contributed by atoms with E-state index in [1.54, 1.807) is 12.2 Å². The van der Waals surface area contributed by atoms with Crippen molar-refractivity contribution in [3.63, 3.8) is 0 Å². The Balaban J connectivity index is 2.47. The molecule has 0 saturated carbocycles. The zero-order valence-corrected chi connectivity index (χ0v) is 3.92. The number of halogens is 2. The van der Waals surface area contributed by atoms with E-state index in [9.17, 15) is 0 Å². The van der Waals surface area contributed by atoms with Crippen LogP contribution in [-0.2, 0) is 0 Å². The highest BCUT2D eigenvalue weighted by molar-refractivity contribution is 6.54. The molecular weight excluding hydrogens is 107 g/mol. The van der Waals surface area contributed by atoms with Gasteiger partial charge in [-0.3, -0.25) is 0 Å². The lowest BCUT2D eigenvalue weighted by Gasteiger charge is -1.81. The van der Waals surface area contributed by atoms with Gasteiger partial charge in [0.05, 0.1) is 0 Å². The van der Waals surface area contributed by atoms with Crippen LogP contribution in [0, 0.1) is 0 Å². The van der Waals surface area contributed by atoms with E-state index in [1.807, 2.05) is 0 Å². The van der Waals surface area contributed by atoms with Crippen molar-refractivity contribution >= 4 is 23.2 Å². The minimum Gasteiger partial charge on any atom is -0.0923 e. The first-order valence-corrected chi connectivity index (χ1v) is 2.04. The van der Waals surface area contributed by atoms with E-state index in [1.165, 1.54) is 0 Å². The average molecular weight is 109 g/mol. The molecule has 1 aliphatic rings. The van der Waals surface area contributed by atoms with E-state index < -0.39 is 4.33 Å². The predicted octanol–water partition coefficient (Wildman–Crippen LogP) is 1.73. The molecular formula is C3H2Cl2. The van der Waals surface area contributed by atoms with Crippen molar-refractivity contribution in [1.82, 2.24) is 0 Å². The lowest BCUT2D eigenvalue weighted by atomic mass is 10.9. The Bertz CT molecular complexity index is 65.0. The van der Waals surface area contributed by atoms with E-state index in [2.05, 4.69) is 0 Å². The molecule has 0 aliphatic heterocycles. The molecule has 2 heteroatoms. The first-order chi connectivity index (χ1) is 2.21. The highest BCUT2D eigenvalue weighted by atomic mass is 35.5. The van der Waals surface area contributed by atoms with Crippen LogP contribution < -0.4 is 0 Å². The van der Waals surface area contributed by atoms with Gasteiger partial charge in [0.2, 0.25) is 0 Å². The number of hydrogen-bond acceptors (Lipinski definition) is 0. The van der Waals surface area contributed by atoms with E-state index in [-0.39, 0.29) is 0 Å². The summed E-state index contributed by atoms with van der Waals surface area (Å²) in [6.07, 6.45) is 3.44. The molecule has 0 fully saturated rings. The van der Waals surface area contributed by atoms with Crippen LogP contribution in [0.15, 0.2) is 12.2 Å². The Kier molecular flexibility index (Phi) is 0.483. The number of alkyl halides is 2. The third kappa shape index (κ3) is 0.822. The smallest absolute Gasteiger partial charge is 0.0923 e. The Morgan fingerprint density at radius 1 is 1.20 bits per heavy atom. The maximum absolute atomic E-state index is 5.30. The summed E-state index contributed by atoms with van der Waals surface area (Å²) < 4.78 is -0.556. The molecule has 0 amide bonds. The summed E-state index contributed by atoms with van der Waals surface area (Å²) in [5, 5.41) is 0. The van der Waals surface area contributed by atoms with Gasteiger partial charge in [-0.2, -0.15) is 0 Å². The number of rotatable bonds is 0. The van der Waals surface area contributed by atoms with Gasteiger partial charge in [0, 0.05) is 0 Å². The van der Waals surface area contributed by atoms with Crippen LogP contribution in [0.25, 0.3) is 0 Å². The van der Waals surface area contributed by atoms with Gasteiger partial charge in [-0.1, -0.05) is 23.2 Å². The van der Waals surface area contributed by atoms with Gasteiger partial charge in [-0.15, -0.1) is 0 Å². The first kappa shape index (κ1) is 3.51. The first-order valence-electron chi connectivity index (χ1n) is 1.29. The third-order valence-electron chi connectivity index (χ3n) is 0.419. The van der Waals surface area contributed by atoms with Gasteiger partial charge in [0.1, 0.15) is 0 Å². The Hall–Kier alpha value is 0.320. The normalized spacial score (nSPS) is 26.8. The molecule has 0 aromatic carbocycles. The molecule has 0 spiro atoms. The third-order valence-corrected chi connectivity index (χ3v) is 0.923. The lowest BCUT2D eigenvalue weighted by Crippen LogP contribution is -1.77. The Labute approximate surface area is 40.4 Å². The van der Waals surface area contributed by atoms with E-state index in [0.717, 1.165) is 0 Å². The zero-order chi connectivity index (χ0) is 3.91. The molecule has 0 bridgehead atoms. The maximum atomic E-state index is 5.30. The van der Waals surface area contributed by atoms with Crippen molar-refractivity contribution in [2.45, 2.75) is 4.33 Å². The van der Waals surface area contributed by atoms with Crippen LogP contribution in [-0.4, -0.2) is 4.33 Å². The van der Waals surface area contributed by atoms with Crippen molar-refractivity contribution in [1.29, 1.82) is 0 Å². The molecule has 0 unspecified atom stereocenters. The second-order valence-corrected chi connectivity index (χ2v) is 2.45. The molecule has 0 aromatic rings. The fourth-order valence-electron chi connectivity index (χ4n) is 0.0630. The number of hydrogen-bond donors (Lipinski definition) is 0. The Morgan fingerprint density at radius 3 is 1.40 bits per heavy atom. The predicted molar refractivity (Wildman–Crippen MR) is 23.6 cm³/mol. The van der Waals surface area contributed by atoms with E-state index in [4.69, 9.17) is 23.2 Å². The summed E-state index contributed by atoms with van der Waals surface area (Å²) in [7, 11) is 0. The molecule has 0 radical (unpaired) electrons. The van der Waals surface area contributed by atoms with Crippen LogP contribution in [0.1, 0.15) is 0 Å². The van der Waals surface area contributed by atoms with E-state index in [0.29, 0.717) is 0 Å². The van der Waals surface area contributed by atoms with Crippen LogP contribution in [0.3, 0.4) is 0 Å².